The molecular weight excluding hydrogens is 216 g/mol. The molecule has 0 amide bonds. The van der Waals surface area contributed by atoms with E-state index in [1.54, 1.807) is 4.52 Å². The van der Waals surface area contributed by atoms with E-state index in [1.165, 1.54) is 19.3 Å². The van der Waals surface area contributed by atoms with Crippen LogP contribution in [0.3, 0.4) is 0 Å². The van der Waals surface area contributed by atoms with E-state index in [9.17, 15) is 0 Å². The average Bonchev–Trinajstić information content (AvgIpc) is 2.67. The molecule has 2 heterocycles. The fourth-order valence-corrected chi connectivity index (χ4v) is 2.09. The monoisotopic (exact) mass is 232 g/mol. The molecule has 2 aromatic rings. The van der Waals surface area contributed by atoms with Crippen molar-refractivity contribution in [2.24, 2.45) is 5.73 Å². The standard InChI is InChI=1S/C12H16N4O/c13-10(7-17)9-4-5-16-11(6-9)14-12(15-16)8-2-1-3-8/h4-6,8,10,17H,1-3,7,13H2. The van der Waals surface area contributed by atoms with Gasteiger partial charge >= 0.3 is 0 Å². The van der Waals surface area contributed by atoms with Gasteiger partial charge in [0.05, 0.1) is 12.6 Å². The third-order valence-electron chi connectivity index (χ3n) is 3.47. The number of aliphatic hydroxyl groups excluding tert-OH is 1. The lowest BCUT2D eigenvalue weighted by atomic mass is 9.85. The molecule has 0 saturated heterocycles. The summed E-state index contributed by atoms with van der Waals surface area (Å²) in [5.41, 5.74) is 7.49. The van der Waals surface area contributed by atoms with Gasteiger partial charge in [0.1, 0.15) is 0 Å². The second-order valence-corrected chi connectivity index (χ2v) is 4.65. The Balaban J connectivity index is 1.98. The lowest BCUT2D eigenvalue weighted by Gasteiger charge is -2.21. The minimum Gasteiger partial charge on any atom is -0.394 e. The highest BCUT2D eigenvalue weighted by Crippen LogP contribution is 2.34. The van der Waals surface area contributed by atoms with E-state index >= 15 is 0 Å². The molecule has 3 N–H and O–H groups in total. The smallest absolute Gasteiger partial charge is 0.155 e. The lowest BCUT2D eigenvalue weighted by Crippen LogP contribution is -2.14. The van der Waals surface area contributed by atoms with Crippen molar-refractivity contribution in [1.82, 2.24) is 14.6 Å². The van der Waals surface area contributed by atoms with Gasteiger partial charge in [-0.25, -0.2) is 9.50 Å². The number of pyridine rings is 1. The Morgan fingerprint density at radius 1 is 1.53 bits per heavy atom. The molecule has 1 fully saturated rings. The van der Waals surface area contributed by atoms with Crippen molar-refractivity contribution in [2.45, 2.75) is 31.2 Å². The molecule has 1 saturated carbocycles. The lowest BCUT2D eigenvalue weighted by molar-refractivity contribution is 0.268. The van der Waals surface area contributed by atoms with Gasteiger partial charge in [0.2, 0.25) is 0 Å². The van der Waals surface area contributed by atoms with Gasteiger partial charge in [-0.15, -0.1) is 0 Å². The normalized spacial score (nSPS) is 18.2. The Morgan fingerprint density at radius 2 is 2.35 bits per heavy atom. The highest BCUT2D eigenvalue weighted by Gasteiger charge is 2.23. The Hall–Kier alpha value is -1.46. The molecule has 5 nitrogen and oxygen atoms in total. The fraction of sp³-hybridized carbons (Fsp3) is 0.500. The van der Waals surface area contributed by atoms with Crippen molar-refractivity contribution in [3.63, 3.8) is 0 Å². The summed E-state index contributed by atoms with van der Waals surface area (Å²) in [5.74, 6) is 1.47. The number of fused-ring (bicyclic) bond motifs is 1. The molecule has 1 aliphatic rings. The van der Waals surface area contributed by atoms with E-state index in [4.69, 9.17) is 10.8 Å². The molecule has 0 bridgehead atoms. The Morgan fingerprint density at radius 3 is 3.00 bits per heavy atom. The quantitative estimate of drug-likeness (QED) is 0.827. The van der Waals surface area contributed by atoms with Crippen LogP contribution >= 0.6 is 0 Å². The zero-order valence-electron chi connectivity index (χ0n) is 9.58. The second kappa shape index (κ2) is 4.09. The number of aromatic nitrogens is 3. The topological polar surface area (TPSA) is 76.4 Å². The van der Waals surface area contributed by atoms with Crippen LogP contribution in [0.5, 0.6) is 0 Å². The fourth-order valence-electron chi connectivity index (χ4n) is 2.09. The summed E-state index contributed by atoms with van der Waals surface area (Å²) in [6, 6.07) is 3.44. The summed E-state index contributed by atoms with van der Waals surface area (Å²) in [6.45, 7) is -0.0558. The number of nitrogens with zero attached hydrogens (tertiary/aromatic N) is 3. The van der Waals surface area contributed by atoms with E-state index in [0.29, 0.717) is 5.92 Å². The van der Waals surface area contributed by atoms with Crippen LogP contribution in [-0.2, 0) is 0 Å². The van der Waals surface area contributed by atoms with Crippen LogP contribution < -0.4 is 5.73 Å². The zero-order chi connectivity index (χ0) is 11.8. The minimum atomic E-state index is -0.344. The first-order valence-corrected chi connectivity index (χ1v) is 6.00. The third kappa shape index (κ3) is 1.81. The van der Waals surface area contributed by atoms with Crippen molar-refractivity contribution in [3.8, 4) is 0 Å². The summed E-state index contributed by atoms with van der Waals surface area (Å²) in [6.07, 6.45) is 5.52. The Labute approximate surface area is 99.3 Å². The largest absolute Gasteiger partial charge is 0.394 e. The van der Waals surface area contributed by atoms with Gasteiger partial charge < -0.3 is 10.8 Å². The predicted molar refractivity (Wildman–Crippen MR) is 63.6 cm³/mol. The number of rotatable bonds is 3. The summed E-state index contributed by atoms with van der Waals surface area (Å²) in [5, 5.41) is 13.5. The maximum atomic E-state index is 9.03. The van der Waals surface area contributed by atoms with Crippen molar-refractivity contribution in [1.29, 1.82) is 0 Å². The van der Waals surface area contributed by atoms with Gasteiger partial charge in [-0.3, -0.25) is 0 Å². The van der Waals surface area contributed by atoms with Crippen LogP contribution in [-0.4, -0.2) is 26.3 Å². The van der Waals surface area contributed by atoms with Crippen molar-refractivity contribution >= 4 is 5.65 Å². The summed E-state index contributed by atoms with van der Waals surface area (Å²) >= 11 is 0. The molecule has 1 unspecified atom stereocenters. The average molecular weight is 232 g/mol. The molecule has 1 atom stereocenters. The number of hydrogen-bond donors (Lipinski definition) is 2. The molecule has 0 aromatic carbocycles. The SMILES string of the molecule is NC(CO)c1ccn2nc(C3CCC3)nc2c1. The molecule has 2 aromatic heterocycles. The Bertz CT molecular complexity index is 530. The van der Waals surface area contributed by atoms with Gasteiger partial charge in [-0.05, 0) is 30.5 Å². The first-order chi connectivity index (χ1) is 8.28. The minimum absolute atomic E-state index is 0.0558. The number of hydrogen-bond acceptors (Lipinski definition) is 4. The molecule has 1 aliphatic carbocycles. The molecule has 0 spiro atoms. The van der Waals surface area contributed by atoms with Crippen molar-refractivity contribution in [2.75, 3.05) is 6.61 Å². The van der Waals surface area contributed by atoms with Crippen LogP contribution in [0.25, 0.3) is 5.65 Å². The maximum Gasteiger partial charge on any atom is 0.155 e. The van der Waals surface area contributed by atoms with E-state index in [-0.39, 0.29) is 12.6 Å². The van der Waals surface area contributed by atoms with Gasteiger partial charge in [0.25, 0.3) is 0 Å². The molecule has 17 heavy (non-hydrogen) atoms. The molecule has 90 valence electrons. The predicted octanol–water partition coefficient (Wildman–Crippen LogP) is 0.989. The third-order valence-corrected chi connectivity index (χ3v) is 3.47. The summed E-state index contributed by atoms with van der Waals surface area (Å²) in [7, 11) is 0. The Kier molecular flexibility index (Phi) is 2.57. The van der Waals surface area contributed by atoms with Gasteiger partial charge in [-0.2, -0.15) is 5.10 Å². The van der Waals surface area contributed by atoms with Crippen LogP contribution in [0.15, 0.2) is 18.3 Å². The van der Waals surface area contributed by atoms with Crippen LogP contribution in [0.1, 0.15) is 42.6 Å². The highest BCUT2D eigenvalue weighted by molar-refractivity contribution is 5.42. The van der Waals surface area contributed by atoms with Crippen molar-refractivity contribution in [3.05, 3.63) is 29.7 Å². The molecular formula is C12H16N4O. The van der Waals surface area contributed by atoms with Crippen LogP contribution in [0.4, 0.5) is 0 Å². The molecule has 0 radical (unpaired) electrons. The van der Waals surface area contributed by atoms with Gasteiger partial charge in [0, 0.05) is 12.1 Å². The molecule has 5 heteroatoms. The first kappa shape index (κ1) is 10.7. The van der Waals surface area contributed by atoms with Crippen molar-refractivity contribution < 1.29 is 5.11 Å². The zero-order valence-corrected chi connectivity index (χ0v) is 9.58. The second-order valence-electron chi connectivity index (χ2n) is 4.65. The van der Waals surface area contributed by atoms with E-state index in [0.717, 1.165) is 17.0 Å². The highest BCUT2D eigenvalue weighted by atomic mass is 16.3. The van der Waals surface area contributed by atoms with Gasteiger partial charge in [0.15, 0.2) is 11.5 Å². The summed E-state index contributed by atoms with van der Waals surface area (Å²) < 4.78 is 1.78. The van der Waals surface area contributed by atoms with Crippen LogP contribution in [0, 0.1) is 0 Å². The molecule has 0 aliphatic heterocycles. The number of aliphatic hydroxyl groups is 1. The number of nitrogens with two attached hydrogens (primary N) is 1. The first-order valence-electron chi connectivity index (χ1n) is 6.00. The van der Waals surface area contributed by atoms with E-state index < -0.39 is 0 Å². The maximum absolute atomic E-state index is 9.03. The molecule has 3 rings (SSSR count). The summed E-state index contributed by atoms with van der Waals surface area (Å²) in [4.78, 5) is 4.53. The van der Waals surface area contributed by atoms with E-state index in [1.807, 2.05) is 18.3 Å². The van der Waals surface area contributed by atoms with Crippen LogP contribution in [0.2, 0.25) is 0 Å². The van der Waals surface area contributed by atoms with Gasteiger partial charge in [-0.1, -0.05) is 6.42 Å². The van der Waals surface area contributed by atoms with E-state index in [2.05, 4.69) is 10.1 Å².